The van der Waals surface area contributed by atoms with Gasteiger partial charge in [-0.2, -0.15) is 0 Å². The molecular formula is C35H40O9. The number of rotatable bonds is 11. The predicted molar refractivity (Wildman–Crippen MR) is 169 cm³/mol. The second kappa shape index (κ2) is 13.4. The van der Waals surface area contributed by atoms with Gasteiger partial charge in [0.2, 0.25) is 6.29 Å². The minimum atomic E-state index is -1.07. The molecule has 0 amide bonds. The summed E-state index contributed by atoms with van der Waals surface area (Å²) in [6.45, 7) is 17.5. The second-order valence-electron chi connectivity index (χ2n) is 11.7. The standard InChI is InChI=1S/C35H40O9/c1-18(2)14-22-21(12-13-26(41-7)31(22)37)28-17-25(36)30-32(38)23(15-19(3)4)33(24(16-20(5)6)34(30)43-28)44-29-11-9-8-10-27(42-29)35(39)40/h12-13,17,27,29,37-38H,1,3,5,8-11,14-16H2,2,4,6-7H3,(H,39,40)/t27-,29-/m0/s1. The summed E-state index contributed by atoms with van der Waals surface area (Å²) in [4.78, 5) is 25.6. The first kappa shape index (κ1) is 32.4. The van der Waals surface area contributed by atoms with E-state index in [1.54, 1.807) is 19.1 Å². The Hall–Kier alpha value is -4.50. The highest BCUT2D eigenvalue weighted by Gasteiger charge is 2.31. The highest BCUT2D eigenvalue weighted by molar-refractivity contribution is 5.92. The van der Waals surface area contributed by atoms with Gasteiger partial charge < -0.3 is 33.9 Å². The summed E-state index contributed by atoms with van der Waals surface area (Å²) in [5.74, 6) is -0.828. The summed E-state index contributed by atoms with van der Waals surface area (Å²) in [6, 6.07) is 4.56. The number of carboxylic acid groups (broad SMARTS) is 1. The molecule has 2 atom stereocenters. The van der Waals surface area contributed by atoms with Crippen LogP contribution in [0.5, 0.6) is 23.0 Å². The number of hydrogen-bond acceptors (Lipinski definition) is 8. The van der Waals surface area contributed by atoms with Gasteiger partial charge in [-0.25, -0.2) is 4.79 Å². The van der Waals surface area contributed by atoms with Crippen molar-refractivity contribution in [2.75, 3.05) is 7.11 Å². The van der Waals surface area contributed by atoms with Crippen LogP contribution in [0.4, 0.5) is 0 Å². The number of benzene rings is 2. The summed E-state index contributed by atoms with van der Waals surface area (Å²) in [6.07, 6.45) is 0.885. The molecule has 44 heavy (non-hydrogen) atoms. The van der Waals surface area contributed by atoms with E-state index in [1.807, 2.05) is 13.8 Å². The molecule has 9 heteroatoms. The molecule has 1 aromatic heterocycles. The van der Waals surface area contributed by atoms with E-state index in [-0.39, 0.29) is 52.6 Å². The monoisotopic (exact) mass is 604 g/mol. The van der Waals surface area contributed by atoms with Crippen molar-refractivity contribution in [3.05, 3.63) is 81.6 Å². The molecule has 0 unspecified atom stereocenters. The molecule has 3 aromatic rings. The number of methoxy groups -OCH3 is 1. The second-order valence-corrected chi connectivity index (χ2v) is 11.7. The van der Waals surface area contributed by atoms with Crippen molar-refractivity contribution < 1.29 is 38.7 Å². The van der Waals surface area contributed by atoms with Crippen molar-refractivity contribution in [1.29, 1.82) is 0 Å². The first-order chi connectivity index (χ1) is 20.8. The van der Waals surface area contributed by atoms with Crippen molar-refractivity contribution in [1.82, 2.24) is 0 Å². The summed E-state index contributed by atoms with van der Waals surface area (Å²) in [7, 11) is 1.45. The topological polar surface area (TPSA) is 136 Å². The van der Waals surface area contributed by atoms with E-state index in [0.717, 1.165) is 11.1 Å². The number of carbonyl (C=O) groups is 1. The van der Waals surface area contributed by atoms with Crippen LogP contribution < -0.4 is 14.9 Å². The Morgan fingerprint density at radius 1 is 0.932 bits per heavy atom. The normalized spacial score (nSPS) is 16.7. The smallest absolute Gasteiger partial charge is 0.332 e. The van der Waals surface area contributed by atoms with Crippen LogP contribution in [0.25, 0.3) is 22.3 Å². The van der Waals surface area contributed by atoms with Crippen LogP contribution in [0, 0.1) is 0 Å². The molecule has 234 valence electrons. The van der Waals surface area contributed by atoms with Gasteiger partial charge in [0, 0.05) is 47.6 Å². The third-order valence-corrected chi connectivity index (χ3v) is 7.46. The van der Waals surface area contributed by atoms with Gasteiger partial charge in [0.1, 0.15) is 28.2 Å². The fourth-order valence-corrected chi connectivity index (χ4v) is 5.53. The molecule has 3 N–H and O–H groups in total. The average Bonchev–Trinajstić information content (AvgIpc) is 3.19. The van der Waals surface area contributed by atoms with Crippen molar-refractivity contribution in [2.24, 2.45) is 0 Å². The van der Waals surface area contributed by atoms with Gasteiger partial charge in [-0.1, -0.05) is 42.9 Å². The van der Waals surface area contributed by atoms with Crippen molar-refractivity contribution in [3.63, 3.8) is 0 Å². The lowest BCUT2D eigenvalue weighted by molar-refractivity contribution is -0.168. The third-order valence-electron chi connectivity index (χ3n) is 7.46. The largest absolute Gasteiger partial charge is 0.507 e. The Morgan fingerprint density at radius 3 is 2.16 bits per heavy atom. The van der Waals surface area contributed by atoms with Gasteiger partial charge in [0.05, 0.1) is 7.11 Å². The fraction of sp³-hybridized carbons (Fsp3) is 0.371. The molecule has 2 heterocycles. The van der Waals surface area contributed by atoms with Crippen LogP contribution in [-0.4, -0.2) is 40.8 Å². The van der Waals surface area contributed by atoms with Gasteiger partial charge in [0.15, 0.2) is 23.0 Å². The van der Waals surface area contributed by atoms with Gasteiger partial charge in [0.25, 0.3) is 0 Å². The minimum absolute atomic E-state index is 0.0296. The van der Waals surface area contributed by atoms with Crippen LogP contribution >= 0.6 is 0 Å². The van der Waals surface area contributed by atoms with Crippen LogP contribution in [0.3, 0.4) is 0 Å². The molecule has 0 aliphatic carbocycles. The number of ether oxygens (including phenoxy) is 3. The zero-order valence-corrected chi connectivity index (χ0v) is 25.7. The van der Waals surface area contributed by atoms with E-state index in [0.29, 0.717) is 59.9 Å². The molecule has 0 bridgehead atoms. The quantitative estimate of drug-likeness (QED) is 0.198. The molecule has 1 aliphatic rings. The number of fused-ring (bicyclic) bond motifs is 1. The SMILES string of the molecule is C=C(C)Cc1c(-c2cc(=O)c3c(O)c(CC(=C)C)c(O[C@H]4CCCC[C@@H](C(=O)O)O4)c(CC(=C)C)c3o2)ccc(OC)c1O. The average molecular weight is 605 g/mol. The maximum atomic E-state index is 13.8. The van der Waals surface area contributed by atoms with Crippen LogP contribution in [0.2, 0.25) is 0 Å². The highest BCUT2D eigenvalue weighted by Crippen LogP contribution is 2.45. The number of aliphatic carboxylic acids is 1. The van der Waals surface area contributed by atoms with E-state index in [2.05, 4.69) is 19.7 Å². The van der Waals surface area contributed by atoms with Gasteiger partial charge in [-0.05, 0) is 52.2 Å². The number of aromatic hydroxyl groups is 2. The highest BCUT2D eigenvalue weighted by atomic mass is 16.7. The van der Waals surface area contributed by atoms with Gasteiger partial charge >= 0.3 is 5.97 Å². The first-order valence-corrected chi connectivity index (χ1v) is 14.5. The molecule has 1 aliphatic heterocycles. The molecule has 0 spiro atoms. The Morgan fingerprint density at radius 2 is 1.55 bits per heavy atom. The van der Waals surface area contributed by atoms with Crippen molar-refractivity contribution in [2.45, 2.75) is 78.1 Å². The first-order valence-electron chi connectivity index (χ1n) is 14.5. The van der Waals surface area contributed by atoms with Crippen LogP contribution in [0.1, 0.15) is 63.1 Å². The molecule has 0 saturated carbocycles. The number of carboxylic acids is 1. The number of phenolic OH excluding ortho intramolecular Hbond substituents is 2. The Labute approximate surface area is 256 Å². The lowest BCUT2D eigenvalue weighted by atomic mass is 9.93. The summed E-state index contributed by atoms with van der Waals surface area (Å²) >= 11 is 0. The van der Waals surface area contributed by atoms with Crippen molar-refractivity contribution in [3.8, 4) is 34.3 Å². The van der Waals surface area contributed by atoms with E-state index < -0.39 is 23.8 Å². The molecule has 2 aromatic carbocycles. The molecule has 4 rings (SSSR count). The van der Waals surface area contributed by atoms with E-state index >= 15 is 0 Å². The summed E-state index contributed by atoms with van der Waals surface area (Å²) < 4.78 is 24.0. The Bertz CT molecular complexity index is 1690. The minimum Gasteiger partial charge on any atom is -0.507 e. The zero-order chi connectivity index (χ0) is 32.3. The van der Waals surface area contributed by atoms with E-state index in [4.69, 9.17) is 18.6 Å². The number of allylic oxidation sites excluding steroid dienone is 3. The summed E-state index contributed by atoms with van der Waals surface area (Å²) in [5, 5.41) is 32.2. The fourth-order valence-electron chi connectivity index (χ4n) is 5.53. The van der Waals surface area contributed by atoms with Crippen molar-refractivity contribution >= 4 is 16.9 Å². The number of phenols is 2. The molecule has 9 nitrogen and oxygen atoms in total. The lowest BCUT2D eigenvalue weighted by Gasteiger charge is -2.25. The zero-order valence-electron chi connectivity index (χ0n) is 25.7. The van der Waals surface area contributed by atoms with E-state index in [9.17, 15) is 24.9 Å². The lowest BCUT2D eigenvalue weighted by Crippen LogP contribution is -2.31. The van der Waals surface area contributed by atoms with E-state index in [1.165, 1.54) is 13.2 Å². The Kier molecular flexibility index (Phi) is 9.89. The number of hydrogen-bond donors (Lipinski definition) is 3. The molecule has 1 saturated heterocycles. The third kappa shape index (κ3) is 6.83. The van der Waals surface area contributed by atoms with Gasteiger partial charge in [-0.15, -0.1) is 0 Å². The Balaban J connectivity index is 2.04. The molecular weight excluding hydrogens is 564 g/mol. The summed E-state index contributed by atoms with van der Waals surface area (Å²) in [5.41, 5.74) is 3.50. The predicted octanol–water partition coefficient (Wildman–Crippen LogP) is 6.98. The van der Waals surface area contributed by atoms with Crippen LogP contribution in [0.15, 0.2) is 63.9 Å². The maximum absolute atomic E-state index is 13.8. The molecule has 0 radical (unpaired) electrons. The van der Waals surface area contributed by atoms with Gasteiger partial charge in [-0.3, -0.25) is 4.79 Å². The molecule has 1 fully saturated rings. The van der Waals surface area contributed by atoms with Crippen LogP contribution in [-0.2, 0) is 28.8 Å². The maximum Gasteiger partial charge on any atom is 0.332 e.